The molecule has 0 fully saturated rings. The normalized spacial score (nSPS) is 10.8. The second kappa shape index (κ2) is 6.56. The van der Waals surface area contributed by atoms with Crippen LogP contribution < -0.4 is 15.4 Å². The summed E-state index contributed by atoms with van der Waals surface area (Å²) in [5.41, 5.74) is 7.11. The van der Waals surface area contributed by atoms with Crippen molar-refractivity contribution in [2.75, 3.05) is 17.2 Å². The lowest BCUT2D eigenvalue weighted by atomic mass is 10.2. The van der Waals surface area contributed by atoms with Gasteiger partial charge in [0.25, 0.3) is 0 Å². The van der Waals surface area contributed by atoms with Crippen LogP contribution in [0.5, 0.6) is 5.75 Å². The topological polar surface area (TPSA) is 64.3 Å². The van der Waals surface area contributed by atoms with Gasteiger partial charge in [-0.05, 0) is 50.0 Å². The summed E-state index contributed by atoms with van der Waals surface area (Å²) in [6, 6.07) is 4.02. The van der Waals surface area contributed by atoms with E-state index in [-0.39, 0.29) is 6.10 Å². The van der Waals surface area contributed by atoms with Crippen LogP contribution >= 0.6 is 11.5 Å². The maximum absolute atomic E-state index is 5.91. The van der Waals surface area contributed by atoms with Crippen LogP contribution in [-0.2, 0) is 6.54 Å². The highest BCUT2D eigenvalue weighted by Gasteiger charge is 2.19. The van der Waals surface area contributed by atoms with E-state index in [2.05, 4.69) is 21.2 Å². The van der Waals surface area contributed by atoms with Crippen molar-refractivity contribution in [2.24, 2.45) is 0 Å². The Labute approximate surface area is 123 Å². The van der Waals surface area contributed by atoms with Gasteiger partial charge in [0, 0.05) is 25.5 Å². The van der Waals surface area contributed by atoms with Crippen LogP contribution in [0.4, 0.5) is 10.8 Å². The van der Waals surface area contributed by atoms with E-state index in [4.69, 9.17) is 10.5 Å². The molecule has 20 heavy (non-hydrogen) atoms. The molecule has 0 saturated heterocycles. The summed E-state index contributed by atoms with van der Waals surface area (Å²) in [7, 11) is 0. The average molecular weight is 292 g/mol. The standard InChI is InChI=1S/C14H20N4OS/c1-4-18(9-11-5-7-16-8-6-11)14-12(19-10(2)3)13(15)17-20-14/h5-8,10H,4,9H2,1-3H3,(H2,15,17). The number of anilines is 2. The van der Waals surface area contributed by atoms with Gasteiger partial charge in [0.2, 0.25) is 0 Å². The Morgan fingerprint density at radius 2 is 2.05 bits per heavy atom. The van der Waals surface area contributed by atoms with Gasteiger partial charge in [0.05, 0.1) is 6.10 Å². The SMILES string of the molecule is CCN(Cc1ccncc1)c1snc(N)c1OC(C)C. The summed E-state index contributed by atoms with van der Waals surface area (Å²) in [6.07, 6.45) is 3.68. The van der Waals surface area contributed by atoms with E-state index in [1.54, 1.807) is 12.4 Å². The quantitative estimate of drug-likeness (QED) is 0.887. The maximum atomic E-state index is 5.91. The molecule has 108 valence electrons. The van der Waals surface area contributed by atoms with Gasteiger partial charge in [-0.2, -0.15) is 4.37 Å². The molecule has 0 aromatic carbocycles. The number of hydrogen-bond acceptors (Lipinski definition) is 6. The average Bonchev–Trinajstić information content (AvgIpc) is 2.78. The van der Waals surface area contributed by atoms with Crippen molar-refractivity contribution in [3.8, 4) is 5.75 Å². The molecular weight excluding hydrogens is 272 g/mol. The highest BCUT2D eigenvalue weighted by molar-refractivity contribution is 7.11. The number of nitrogens with zero attached hydrogens (tertiary/aromatic N) is 3. The van der Waals surface area contributed by atoms with Gasteiger partial charge < -0.3 is 15.4 Å². The Hall–Kier alpha value is -1.82. The number of hydrogen-bond donors (Lipinski definition) is 1. The Bertz CT molecular complexity index is 541. The third-order valence-electron chi connectivity index (χ3n) is 2.80. The summed E-state index contributed by atoms with van der Waals surface area (Å²) in [6.45, 7) is 7.73. The van der Waals surface area contributed by atoms with Crippen LogP contribution in [0.25, 0.3) is 0 Å². The van der Waals surface area contributed by atoms with Crippen LogP contribution in [0.1, 0.15) is 26.3 Å². The predicted octanol–water partition coefficient (Wildman–Crippen LogP) is 2.93. The van der Waals surface area contributed by atoms with E-state index in [0.717, 1.165) is 18.1 Å². The lowest BCUT2D eigenvalue weighted by Crippen LogP contribution is -2.22. The summed E-state index contributed by atoms with van der Waals surface area (Å²) in [5, 5.41) is 0.982. The number of pyridine rings is 1. The third kappa shape index (κ3) is 3.39. The van der Waals surface area contributed by atoms with Crippen molar-refractivity contribution in [1.82, 2.24) is 9.36 Å². The van der Waals surface area contributed by atoms with Crippen LogP contribution in [-0.4, -0.2) is 22.0 Å². The lowest BCUT2D eigenvalue weighted by molar-refractivity contribution is 0.245. The molecule has 5 nitrogen and oxygen atoms in total. The minimum atomic E-state index is 0.0760. The highest BCUT2D eigenvalue weighted by Crippen LogP contribution is 2.39. The monoisotopic (exact) mass is 292 g/mol. The molecule has 0 saturated carbocycles. The van der Waals surface area contributed by atoms with Gasteiger partial charge in [0.15, 0.2) is 16.6 Å². The van der Waals surface area contributed by atoms with E-state index in [1.807, 2.05) is 26.0 Å². The number of ether oxygens (including phenoxy) is 1. The van der Waals surface area contributed by atoms with E-state index in [1.165, 1.54) is 17.1 Å². The molecule has 0 amide bonds. The summed E-state index contributed by atoms with van der Waals surface area (Å²) in [4.78, 5) is 6.25. The summed E-state index contributed by atoms with van der Waals surface area (Å²) >= 11 is 1.38. The Balaban J connectivity index is 2.23. The van der Waals surface area contributed by atoms with Crippen LogP contribution in [0.2, 0.25) is 0 Å². The molecule has 0 bridgehead atoms. The van der Waals surface area contributed by atoms with Crippen molar-refractivity contribution in [2.45, 2.75) is 33.4 Å². The minimum Gasteiger partial charge on any atom is -0.484 e. The number of nitrogen functional groups attached to an aromatic ring is 1. The Morgan fingerprint density at radius 1 is 1.35 bits per heavy atom. The predicted molar refractivity (Wildman–Crippen MR) is 83.3 cm³/mol. The van der Waals surface area contributed by atoms with Crippen molar-refractivity contribution in [3.05, 3.63) is 30.1 Å². The van der Waals surface area contributed by atoms with Gasteiger partial charge in [0.1, 0.15) is 0 Å². The van der Waals surface area contributed by atoms with E-state index in [9.17, 15) is 0 Å². The van der Waals surface area contributed by atoms with Gasteiger partial charge in [-0.3, -0.25) is 4.98 Å². The molecule has 2 aromatic rings. The van der Waals surface area contributed by atoms with Gasteiger partial charge >= 0.3 is 0 Å². The fourth-order valence-corrected chi connectivity index (χ4v) is 2.68. The molecule has 2 rings (SSSR count). The number of rotatable bonds is 6. The van der Waals surface area contributed by atoms with Crippen molar-refractivity contribution in [1.29, 1.82) is 0 Å². The maximum Gasteiger partial charge on any atom is 0.198 e. The summed E-state index contributed by atoms with van der Waals surface area (Å²) < 4.78 is 10.0. The van der Waals surface area contributed by atoms with Crippen LogP contribution in [0.15, 0.2) is 24.5 Å². The first-order chi connectivity index (χ1) is 9.61. The van der Waals surface area contributed by atoms with Crippen molar-refractivity contribution >= 4 is 22.4 Å². The van der Waals surface area contributed by atoms with Gasteiger partial charge in [-0.1, -0.05) is 0 Å². The highest BCUT2D eigenvalue weighted by atomic mass is 32.1. The smallest absolute Gasteiger partial charge is 0.198 e. The molecule has 0 atom stereocenters. The Kier molecular flexibility index (Phi) is 4.79. The Morgan fingerprint density at radius 3 is 2.65 bits per heavy atom. The lowest BCUT2D eigenvalue weighted by Gasteiger charge is -2.23. The molecular formula is C14H20N4OS. The first-order valence-electron chi connectivity index (χ1n) is 6.67. The molecule has 0 aliphatic heterocycles. The molecule has 2 heterocycles. The van der Waals surface area contributed by atoms with E-state index < -0.39 is 0 Å². The number of nitrogens with two attached hydrogens (primary N) is 1. The van der Waals surface area contributed by atoms with Crippen molar-refractivity contribution in [3.63, 3.8) is 0 Å². The second-order valence-electron chi connectivity index (χ2n) is 4.74. The van der Waals surface area contributed by atoms with E-state index in [0.29, 0.717) is 11.6 Å². The first-order valence-corrected chi connectivity index (χ1v) is 7.44. The zero-order chi connectivity index (χ0) is 14.5. The van der Waals surface area contributed by atoms with E-state index >= 15 is 0 Å². The molecule has 0 aliphatic rings. The third-order valence-corrected chi connectivity index (χ3v) is 3.71. The van der Waals surface area contributed by atoms with Gasteiger partial charge in [-0.25, -0.2) is 0 Å². The zero-order valence-corrected chi connectivity index (χ0v) is 12.9. The summed E-state index contributed by atoms with van der Waals surface area (Å²) in [5.74, 6) is 1.16. The molecule has 0 radical (unpaired) electrons. The first kappa shape index (κ1) is 14.6. The molecule has 0 aliphatic carbocycles. The molecule has 6 heteroatoms. The molecule has 2 aromatic heterocycles. The van der Waals surface area contributed by atoms with Crippen molar-refractivity contribution < 1.29 is 4.74 Å². The minimum absolute atomic E-state index is 0.0760. The second-order valence-corrected chi connectivity index (χ2v) is 5.49. The number of aromatic nitrogens is 2. The largest absolute Gasteiger partial charge is 0.484 e. The fraction of sp³-hybridized carbons (Fsp3) is 0.429. The zero-order valence-electron chi connectivity index (χ0n) is 12.0. The molecule has 2 N–H and O–H groups in total. The molecule has 0 spiro atoms. The van der Waals surface area contributed by atoms with Gasteiger partial charge in [-0.15, -0.1) is 0 Å². The van der Waals surface area contributed by atoms with Crippen LogP contribution in [0.3, 0.4) is 0 Å². The fourth-order valence-electron chi connectivity index (χ4n) is 1.87. The molecule has 0 unspecified atom stereocenters. The van der Waals surface area contributed by atoms with Crippen LogP contribution in [0, 0.1) is 0 Å².